The predicted molar refractivity (Wildman–Crippen MR) is 112 cm³/mol. The molecule has 0 spiro atoms. The number of nitrogens with zero attached hydrogens (tertiary/aromatic N) is 3. The lowest BCUT2D eigenvalue weighted by Crippen LogP contribution is -2.49. The molecular weight excluding hydrogens is 354 g/mol. The summed E-state index contributed by atoms with van der Waals surface area (Å²) in [5.41, 5.74) is 2.63. The Bertz CT molecular complexity index is 771. The molecule has 2 aromatic carbocycles. The Morgan fingerprint density at radius 1 is 0.926 bits per heavy atom. The topological polar surface area (TPSA) is 26.8 Å². The summed E-state index contributed by atoms with van der Waals surface area (Å²) >= 11 is 1.86. The summed E-state index contributed by atoms with van der Waals surface area (Å²) in [5, 5.41) is 0. The highest BCUT2D eigenvalue weighted by Crippen LogP contribution is 2.47. The van der Waals surface area contributed by atoms with Crippen LogP contribution < -0.4 is 4.90 Å². The molecule has 0 bridgehead atoms. The first-order valence-electron chi connectivity index (χ1n) is 9.73. The van der Waals surface area contributed by atoms with Crippen LogP contribution in [0.2, 0.25) is 0 Å². The highest BCUT2D eigenvalue weighted by atomic mass is 32.2. The van der Waals surface area contributed by atoms with Crippen molar-refractivity contribution in [2.45, 2.75) is 23.6 Å². The summed E-state index contributed by atoms with van der Waals surface area (Å²) in [4.78, 5) is 21.1. The summed E-state index contributed by atoms with van der Waals surface area (Å²) < 4.78 is 0. The van der Waals surface area contributed by atoms with Crippen LogP contribution >= 0.6 is 11.8 Å². The van der Waals surface area contributed by atoms with E-state index in [0.29, 0.717) is 5.92 Å². The number of amides is 1. The average molecular weight is 382 g/mol. The monoisotopic (exact) mass is 381 g/mol. The zero-order valence-corrected chi connectivity index (χ0v) is 16.9. The molecule has 1 atom stereocenters. The first-order valence-corrected chi connectivity index (χ1v) is 10.5. The number of carbonyl (C=O) groups is 1. The van der Waals surface area contributed by atoms with Gasteiger partial charge in [0.1, 0.15) is 0 Å². The van der Waals surface area contributed by atoms with Gasteiger partial charge in [-0.05, 0) is 30.2 Å². The van der Waals surface area contributed by atoms with E-state index in [9.17, 15) is 4.79 Å². The van der Waals surface area contributed by atoms with Gasteiger partial charge in [-0.2, -0.15) is 0 Å². The van der Waals surface area contributed by atoms with Gasteiger partial charge in [-0.15, -0.1) is 0 Å². The van der Waals surface area contributed by atoms with Gasteiger partial charge < -0.3 is 9.80 Å². The lowest BCUT2D eigenvalue weighted by Gasteiger charge is -2.38. The lowest BCUT2D eigenvalue weighted by atomic mass is 10.1. The van der Waals surface area contributed by atoms with Gasteiger partial charge in [-0.25, -0.2) is 0 Å². The minimum atomic E-state index is 0.196. The fraction of sp³-hybridized carbons (Fsp3) is 0.409. The van der Waals surface area contributed by atoms with E-state index in [-0.39, 0.29) is 5.91 Å². The van der Waals surface area contributed by atoms with Crippen molar-refractivity contribution >= 4 is 29.0 Å². The van der Waals surface area contributed by atoms with E-state index in [4.69, 9.17) is 0 Å². The van der Waals surface area contributed by atoms with E-state index < -0.39 is 0 Å². The molecule has 0 aliphatic carbocycles. The predicted octanol–water partition coefficient (Wildman–Crippen LogP) is 4.09. The van der Waals surface area contributed by atoms with E-state index in [1.54, 1.807) is 6.92 Å². The van der Waals surface area contributed by atoms with E-state index >= 15 is 0 Å². The van der Waals surface area contributed by atoms with Gasteiger partial charge in [-0.1, -0.05) is 43.0 Å². The molecule has 5 heteroatoms. The Morgan fingerprint density at radius 3 is 2.04 bits per heavy atom. The van der Waals surface area contributed by atoms with Crippen molar-refractivity contribution < 1.29 is 4.79 Å². The summed E-state index contributed by atoms with van der Waals surface area (Å²) in [6.07, 6.45) is 0. The van der Waals surface area contributed by atoms with Crippen LogP contribution in [-0.4, -0.2) is 55.0 Å². The fourth-order valence-electron chi connectivity index (χ4n) is 4.03. The summed E-state index contributed by atoms with van der Waals surface area (Å²) in [5.74, 6) is 0.736. The van der Waals surface area contributed by atoms with E-state index in [1.807, 2.05) is 16.7 Å². The van der Waals surface area contributed by atoms with E-state index in [2.05, 4.69) is 65.3 Å². The molecule has 2 aromatic rings. The van der Waals surface area contributed by atoms with Crippen molar-refractivity contribution in [3.05, 3.63) is 48.5 Å². The molecule has 2 heterocycles. The molecule has 1 unspecified atom stereocenters. The molecule has 4 rings (SSSR count). The number of benzene rings is 2. The van der Waals surface area contributed by atoms with Crippen LogP contribution in [0.3, 0.4) is 0 Å². The largest absolute Gasteiger partial charge is 0.340 e. The normalized spacial score (nSPS) is 18.0. The molecular formula is C22H27N3OS. The number of fused-ring (bicyclic) bond motifs is 2. The highest BCUT2D eigenvalue weighted by Gasteiger charge is 2.25. The molecule has 4 nitrogen and oxygen atoms in total. The third kappa shape index (κ3) is 3.99. The Hall–Kier alpha value is -1.98. The van der Waals surface area contributed by atoms with E-state index in [1.165, 1.54) is 21.2 Å². The van der Waals surface area contributed by atoms with Crippen LogP contribution in [0.4, 0.5) is 11.4 Å². The highest BCUT2D eigenvalue weighted by molar-refractivity contribution is 7.99. The zero-order chi connectivity index (χ0) is 18.8. The maximum absolute atomic E-state index is 11.5. The minimum Gasteiger partial charge on any atom is -0.340 e. The number of hydrogen-bond acceptors (Lipinski definition) is 4. The molecule has 0 aromatic heterocycles. The molecule has 142 valence electrons. The average Bonchev–Trinajstić information content (AvgIpc) is 2.68. The summed E-state index contributed by atoms with van der Waals surface area (Å²) in [7, 11) is 0. The van der Waals surface area contributed by atoms with Gasteiger partial charge in [0.2, 0.25) is 5.91 Å². The number of anilines is 2. The number of carbonyl (C=O) groups excluding carboxylic acids is 1. The SMILES string of the molecule is CC(=O)N1CCN(CC(C)CN2c3ccccc3Sc3ccccc32)CC1. The molecule has 0 saturated carbocycles. The van der Waals surface area contributed by atoms with Gasteiger partial charge in [-0.3, -0.25) is 9.69 Å². The number of hydrogen-bond donors (Lipinski definition) is 0. The van der Waals surface area contributed by atoms with Gasteiger partial charge in [0.05, 0.1) is 11.4 Å². The first-order chi connectivity index (χ1) is 13.1. The third-order valence-electron chi connectivity index (χ3n) is 5.41. The second-order valence-electron chi connectivity index (χ2n) is 7.56. The van der Waals surface area contributed by atoms with Gasteiger partial charge in [0.15, 0.2) is 0 Å². The lowest BCUT2D eigenvalue weighted by molar-refractivity contribution is -0.130. The van der Waals surface area contributed by atoms with Crippen molar-refractivity contribution in [1.29, 1.82) is 0 Å². The molecule has 27 heavy (non-hydrogen) atoms. The molecule has 1 saturated heterocycles. The fourth-order valence-corrected chi connectivity index (χ4v) is 5.13. The molecule has 0 N–H and O–H groups in total. The molecule has 2 aliphatic heterocycles. The Kier molecular flexibility index (Phi) is 5.41. The quantitative estimate of drug-likeness (QED) is 0.797. The summed E-state index contributed by atoms with van der Waals surface area (Å²) in [6.45, 7) is 9.75. The standard InChI is InChI=1S/C22H27N3OS/c1-17(15-23-11-13-24(14-12-23)18(2)26)16-25-19-7-3-5-9-21(19)27-22-10-6-4-8-20(22)25/h3-10,17H,11-16H2,1-2H3. The molecule has 2 aliphatic rings. The van der Waals surface area contributed by atoms with Crippen LogP contribution in [0, 0.1) is 5.92 Å². The smallest absolute Gasteiger partial charge is 0.219 e. The Balaban J connectivity index is 1.45. The van der Waals surface area contributed by atoms with Crippen molar-refractivity contribution in [2.75, 3.05) is 44.2 Å². The first kappa shape index (κ1) is 18.4. The van der Waals surface area contributed by atoms with Crippen LogP contribution in [0.15, 0.2) is 58.3 Å². The Labute approximate surface area is 166 Å². The van der Waals surface area contributed by atoms with Gasteiger partial charge in [0, 0.05) is 56.0 Å². The molecule has 1 fully saturated rings. The number of para-hydroxylation sites is 2. The maximum Gasteiger partial charge on any atom is 0.219 e. The van der Waals surface area contributed by atoms with Crippen LogP contribution in [-0.2, 0) is 4.79 Å². The van der Waals surface area contributed by atoms with Gasteiger partial charge in [0.25, 0.3) is 0 Å². The minimum absolute atomic E-state index is 0.196. The van der Waals surface area contributed by atoms with Crippen molar-refractivity contribution in [3.8, 4) is 0 Å². The second-order valence-corrected chi connectivity index (χ2v) is 8.64. The molecule has 1 amide bonds. The number of piperazine rings is 1. The zero-order valence-electron chi connectivity index (χ0n) is 16.1. The van der Waals surface area contributed by atoms with E-state index in [0.717, 1.165) is 39.3 Å². The Morgan fingerprint density at radius 2 is 1.48 bits per heavy atom. The third-order valence-corrected chi connectivity index (χ3v) is 6.54. The number of rotatable bonds is 4. The van der Waals surface area contributed by atoms with Crippen molar-refractivity contribution in [2.24, 2.45) is 5.92 Å². The summed E-state index contributed by atoms with van der Waals surface area (Å²) in [6, 6.07) is 17.4. The van der Waals surface area contributed by atoms with Gasteiger partial charge >= 0.3 is 0 Å². The van der Waals surface area contributed by atoms with Crippen LogP contribution in [0.25, 0.3) is 0 Å². The van der Waals surface area contributed by atoms with Crippen LogP contribution in [0.5, 0.6) is 0 Å². The van der Waals surface area contributed by atoms with Crippen LogP contribution in [0.1, 0.15) is 13.8 Å². The molecule has 0 radical (unpaired) electrons. The van der Waals surface area contributed by atoms with Crippen molar-refractivity contribution in [3.63, 3.8) is 0 Å². The second kappa shape index (κ2) is 7.95. The maximum atomic E-state index is 11.5. The van der Waals surface area contributed by atoms with Crippen molar-refractivity contribution in [1.82, 2.24) is 9.80 Å².